The van der Waals surface area contributed by atoms with Gasteiger partial charge in [-0.3, -0.25) is 4.79 Å². The Hall–Kier alpha value is -2.03. The Kier molecular flexibility index (Phi) is 7.97. The topological polar surface area (TPSA) is 85.8 Å². The van der Waals surface area contributed by atoms with Gasteiger partial charge in [-0.25, -0.2) is 9.67 Å². The number of nitrogens with one attached hydrogen (secondary N) is 1. The quantitative estimate of drug-likeness (QED) is 0.420. The van der Waals surface area contributed by atoms with E-state index in [0.29, 0.717) is 18.5 Å². The number of nitrogens with zero attached hydrogens (tertiary/aromatic N) is 3. The smallest absolute Gasteiger partial charge is 0.254 e. The number of benzene rings is 1. The van der Waals surface area contributed by atoms with Crippen molar-refractivity contribution in [3.63, 3.8) is 0 Å². The lowest BCUT2D eigenvalue weighted by Gasteiger charge is -2.07. The SMILES string of the molecule is CCc1c(C(=O)NCCCCCCN)cnn1-c1nc(-c2ccc(Br)cc2)cs1. The van der Waals surface area contributed by atoms with E-state index in [1.54, 1.807) is 10.9 Å². The Labute approximate surface area is 183 Å². The molecule has 154 valence electrons. The van der Waals surface area contributed by atoms with Gasteiger partial charge in [-0.05, 0) is 37.9 Å². The fourth-order valence-corrected chi connectivity index (χ4v) is 4.18. The summed E-state index contributed by atoms with van der Waals surface area (Å²) >= 11 is 4.97. The minimum absolute atomic E-state index is 0.0726. The molecule has 1 amide bonds. The van der Waals surface area contributed by atoms with E-state index in [-0.39, 0.29) is 5.91 Å². The molecule has 2 aromatic heterocycles. The molecule has 0 aliphatic carbocycles. The monoisotopic (exact) mass is 475 g/mol. The molecule has 3 rings (SSSR count). The number of thiazole rings is 1. The molecule has 6 nitrogen and oxygen atoms in total. The molecule has 3 N–H and O–H groups in total. The fourth-order valence-electron chi connectivity index (χ4n) is 3.10. The van der Waals surface area contributed by atoms with Gasteiger partial charge < -0.3 is 11.1 Å². The van der Waals surface area contributed by atoms with Crippen LogP contribution in [-0.4, -0.2) is 33.8 Å². The van der Waals surface area contributed by atoms with E-state index in [4.69, 9.17) is 10.7 Å². The van der Waals surface area contributed by atoms with Crippen LogP contribution >= 0.6 is 27.3 Å². The summed E-state index contributed by atoms with van der Waals surface area (Å²) in [6, 6.07) is 8.05. The van der Waals surface area contributed by atoms with Crippen molar-refractivity contribution in [1.82, 2.24) is 20.1 Å². The van der Waals surface area contributed by atoms with Gasteiger partial charge in [0.1, 0.15) is 0 Å². The summed E-state index contributed by atoms with van der Waals surface area (Å²) in [5.41, 5.74) is 8.95. The molecule has 0 unspecified atom stereocenters. The first-order chi connectivity index (χ1) is 14.1. The average Bonchev–Trinajstić information content (AvgIpc) is 3.37. The van der Waals surface area contributed by atoms with E-state index >= 15 is 0 Å². The molecule has 3 aromatic rings. The third-order valence-electron chi connectivity index (χ3n) is 4.68. The molecule has 29 heavy (non-hydrogen) atoms. The van der Waals surface area contributed by atoms with Crippen LogP contribution < -0.4 is 11.1 Å². The van der Waals surface area contributed by atoms with Gasteiger partial charge in [0.2, 0.25) is 5.13 Å². The van der Waals surface area contributed by atoms with E-state index in [2.05, 4.69) is 26.3 Å². The van der Waals surface area contributed by atoms with Crippen molar-refractivity contribution in [3.05, 3.63) is 51.6 Å². The first-order valence-corrected chi connectivity index (χ1v) is 11.6. The van der Waals surface area contributed by atoms with E-state index in [1.807, 2.05) is 36.6 Å². The predicted molar refractivity (Wildman–Crippen MR) is 122 cm³/mol. The molecular weight excluding hydrogens is 450 g/mol. The highest BCUT2D eigenvalue weighted by Crippen LogP contribution is 2.26. The summed E-state index contributed by atoms with van der Waals surface area (Å²) in [5.74, 6) is -0.0726. The first kappa shape index (κ1) is 21.7. The summed E-state index contributed by atoms with van der Waals surface area (Å²) in [5, 5.41) is 10.2. The number of hydrogen-bond donors (Lipinski definition) is 2. The number of rotatable bonds is 10. The zero-order valence-electron chi connectivity index (χ0n) is 16.5. The summed E-state index contributed by atoms with van der Waals surface area (Å²) in [6.07, 6.45) is 6.53. The Balaban J connectivity index is 1.69. The van der Waals surface area contributed by atoms with Gasteiger partial charge in [-0.1, -0.05) is 47.8 Å². The van der Waals surface area contributed by atoms with Crippen molar-refractivity contribution < 1.29 is 4.79 Å². The van der Waals surface area contributed by atoms with E-state index in [9.17, 15) is 4.79 Å². The molecule has 0 spiro atoms. The highest BCUT2D eigenvalue weighted by Gasteiger charge is 2.18. The number of carbonyl (C=O) groups excluding carboxylic acids is 1. The van der Waals surface area contributed by atoms with Gasteiger partial charge in [0.15, 0.2) is 0 Å². The third-order valence-corrected chi connectivity index (χ3v) is 6.02. The maximum absolute atomic E-state index is 12.6. The number of hydrogen-bond acceptors (Lipinski definition) is 5. The minimum atomic E-state index is -0.0726. The lowest BCUT2D eigenvalue weighted by atomic mass is 10.1. The zero-order chi connectivity index (χ0) is 20.6. The molecule has 0 saturated carbocycles. The normalized spacial score (nSPS) is 11.0. The molecule has 8 heteroatoms. The molecule has 0 aliphatic rings. The summed E-state index contributed by atoms with van der Waals surface area (Å²) in [7, 11) is 0. The lowest BCUT2D eigenvalue weighted by molar-refractivity contribution is 0.0952. The maximum atomic E-state index is 12.6. The van der Waals surface area contributed by atoms with Crippen LogP contribution in [0, 0.1) is 0 Å². The van der Waals surface area contributed by atoms with Gasteiger partial charge in [0.05, 0.1) is 23.1 Å². The van der Waals surface area contributed by atoms with Crippen molar-refractivity contribution in [2.45, 2.75) is 39.0 Å². The van der Waals surface area contributed by atoms with E-state index in [1.165, 1.54) is 11.3 Å². The van der Waals surface area contributed by atoms with Crippen molar-refractivity contribution in [2.24, 2.45) is 5.73 Å². The molecule has 0 fully saturated rings. The van der Waals surface area contributed by atoms with Crippen LogP contribution in [0.15, 0.2) is 40.3 Å². The summed E-state index contributed by atoms with van der Waals surface area (Å²) < 4.78 is 2.82. The zero-order valence-corrected chi connectivity index (χ0v) is 18.9. The maximum Gasteiger partial charge on any atom is 0.254 e. The second-order valence-electron chi connectivity index (χ2n) is 6.75. The van der Waals surface area contributed by atoms with Gasteiger partial charge in [0, 0.05) is 22.0 Å². The van der Waals surface area contributed by atoms with Gasteiger partial charge in [0.25, 0.3) is 5.91 Å². The Morgan fingerprint density at radius 2 is 1.97 bits per heavy atom. The molecule has 0 saturated heterocycles. The van der Waals surface area contributed by atoms with Crippen molar-refractivity contribution >= 4 is 33.2 Å². The minimum Gasteiger partial charge on any atom is -0.352 e. The third kappa shape index (κ3) is 5.52. The molecule has 0 bridgehead atoms. The van der Waals surface area contributed by atoms with Gasteiger partial charge >= 0.3 is 0 Å². The molecular formula is C21H26BrN5OS. The van der Waals surface area contributed by atoms with Crippen LogP contribution in [0.5, 0.6) is 0 Å². The van der Waals surface area contributed by atoms with Crippen molar-refractivity contribution in [1.29, 1.82) is 0 Å². The van der Waals surface area contributed by atoms with Gasteiger partial charge in [-0.2, -0.15) is 5.10 Å². The Bertz CT molecular complexity index is 935. The number of aromatic nitrogens is 3. The van der Waals surface area contributed by atoms with Crippen LogP contribution in [0.3, 0.4) is 0 Å². The van der Waals surface area contributed by atoms with Crippen molar-refractivity contribution in [2.75, 3.05) is 13.1 Å². The summed E-state index contributed by atoms with van der Waals surface area (Å²) in [4.78, 5) is 17.3. The number of carbonyl (C=O) groups is 1. The number of unbranched alkanes of at least 4 members (excludes halogenated alkanes) is 3. The first-order valence-electron chi connectivity index (χ1n) is 9.91. The highest BCUT2D eigenvalue weighted by molar-refractivity contribution is 9.10. The molecule has 0 aliphatic heterocycles. The standard InChI is InChI=1S/C21H26BrN5OS/c1-2-19-17(20(28)24-12-6-4-3-5-11-23)13-25-27(19)21-26-18(14-29-21)15-7-9-16(22)10-8-15/h7-10,13-14H,2-6,11-12,23H2,1H3,(H,24,28). The fraction of sp³-hybridized carbons (Fsp3) is 0.381. The second-order valence-corrected chi connectivity index (χ2v) is 8.50. The number of halogens is 1. The van der Waals surface area contributed by atoms with Crippen LogP contribution in [0.2, 0.25) is 0 Å². The predicted octanol–water partition coefficient (Wildman–Crippen LogP) is 4.57. The molecule has 2 heterocycles. The largest absolute Gasteiger partial charge is 0.352 e. The summed E-state index contributed by atoms with van der Waals surface area (Å²) in [6.45, 7) is 3.43. The number of nitrogens with two attached hydrogens (primary N) is 1. The second kappa shape index (κ2) is 10.7. The van der Waals surface area contributed by atoms with Crippen LogP contribution in [0.1, 0.15) is 48.7 Å². The highest BCUT2D eigenvalue weighted by atomic mass is 79.9. The molecule has 0 atom stereocenters. The van der Waals surface area contributed by atoms with E-state index in [0.717, 1.165) is 58.8 Å². The molecule has 1 aromatic carbocycles. The van der Waals surface area contributed by atoms with Gasteiger partial charge in [-0.15, -0.1) is 11.3 Å². The van der Waals surface area contributed by atoms with E-state index < -0.39 is 0 Å². The van der Waals surface area contributed by atoms with Crippen LogP contribution in [-0.2, 0) is 6.42 Å². The molecule has 0 radical (unpaired) electrons. The Morgan fingerprint density at radius 3 is 2.69 bits per heavy atom. The van der Waals surface area contributed by atoms with Crippen LogP contribution in [0.25, 0.3) is 16.4 Å². The lowest BCUT2D eigenvalue weighted by Crippen LogP contribution is -2.25. The Morgan fingerprint density at radius 1 is 1.21 bits per heavy atom. The van der Waals surface area contributed by atoms with Crippen molar-refractivity contribution in [3.8, 4) is 16.4 Å². The number of amides is 1. The van der Waals surface area contributed by atoms with Crippen LogP contribution in [0.4, 0.5) is 0 Å². The average molecular weight is 476 g/mol.